The normalized spacial score (nSPS) is 10.5. The van der Waals surface area contributed by atoms with Crippen molar-refractivity contribution < 1.29 is 4.79 Å². The van der Waals surface area contributed by atoms with Gasteiger partial charge in [0.25, 0.3) is 5.91 Å². The van der Waals surface area contributed by atoms with Crippen LogP contribution in [-0.4, -0.2) is 27.4 Å². The lowest BCUT2D eigenvalue weighted by molar-refractivity contribution is 0.0945. The maximum atomic E-state index is 12.2. The number of rotatable bonds is 6. The predicted octanol–water partition coefficient (Wildman–Crippen LogP) is 2.18. The molecule has 0 aliphatic heterocycles. The van der Waals surface area contributed by atoms with Crippen molar-refractivity contribution in [3.8, 4) is 0 Å². The fraction of sp³-hybridized carbons (Fsp3) is 0.375. The van der Waals surface area contributed by atoms with Crippen molar-refractivity contribution in [2.24, 2.45) is 5.92 Å². The van der Waals surface area contributed by atoms with Crippen LogP contribution in [-0.2, 0) is 6.54 Å². The highest BCUT2D eigenvalue weighted by Gasteiger charge is 2.10. The summed E-state index contributed by atoms with van der Waals surface area (Å²) in [5.74, 6) is 1.52. The Hall–Kier alpha value is -2.50. The van der Waals surface area contributed by atoms with Crippen LogP contribution in [0.1, 0.15) is 35.7 Å². The van der Waals surface area contributed by atoms with Crippen LogP contribution in [0.2, 0.25) is 0 Å². The predicted molar refractivity (Wildman–Crippen MR) is 85.5 cm³/mol. The van der Waals surface area contributed by atoms with Crippen LogP contribution >= 0.6 is 0 Å². The summed E-state index contributed by atoms with van der Waals surface area (Å²) in [7, 11) is 0. The highest BCUT2D eigenvalue weighted by Crippen LogP contribution is 2.08. The fourth-order valence-corrected chi connectivity index (χ4v) is 1.86. The lowest BCUT2D eigenvalue weighted by Gasteiger charge is -2.10. The molecule has 0 fully saturated rings. The van der Waals surface area contributed by atoms with Crippen LogP contribution < -0.4 is 10.6 Å². The van der Waals surface area contributed by atoms with Crippen molar-refractivity contribution in [2.45, 2.75) is 27.3 Å². The maximum Gasteiger partial charge on any atom is 0.270 e. The van der Waals surface area contributed by atoms with Gasteiger partial charge in [0, 0.05) is 31.5 Å². The van der Waals surface area contributed by atoms with E-state index in [9.17, 15) is 4.79 Å². The van der Waals surface area contributed by atoms with Gasteiger partial charge in [-0.1, -0.05) is 19.9 Å². The molecule has 2 aromatic heterocycles. The number of amides is 1. The van der Waals surface area contributed by atoms with Crippen molar-refractivity contribution in [1.29, 1.82) is 0 Å². The minimum Gasteiger partial charge on any atom is -0.370 e. The zero-order valence-corrected chi connectivity index (χ0v) is 13.1. The third-order valence-electron chi connectivity index (χ3n) is 2.94. The van der Waals surface area contributed by atoms with Crippen LogP contribution in [0.15, 0.2) is 30.6 Å². The number of nitrogens with one attached hydrogen (secondary N) is 2. The van der Waals surface area contributed by atoms with E-state index in [1.807, 2.05) is 12.1 Å². The smallest absolute Gasteiger partial charge is 0.270 e. The van der Waals surface area contributed by atoms with Crippen LogP contribution in [0.5, 0.6) is 0 Å². The first-order valence-electron chi connectivity index (χ1n) is 7.31. The van der Waals surface area contributed by atoms with Gasteiger partial charge in [-0.25, -0.2) is 9.97 Å². The first-order valence-corrected chi connectivity index (χ1v) is 7.31. The molecule has 0 aromatic carbocycles. The summed E-state index contributed by atoms with van der Waals surface area (Å²) >= 11 is 0. The standard InChI is InChI=1S/C16H21N5O/c1-11(2)8-18-15-7-14(20-12(3)21-15)16(22)19-10-13-5-4-6-17-9-13/h4-7,9,11H,8,10H2,1-3H3,(H,19,22)(H,18,20,21). The summed E-state index contributed by atoms with van der Waals surface area (Å²) in [6.45, 7) is 7.22. The fourth-order valence-electron chi connectivity index (χ4n) is 1.86. The van der Waals surface area contributed by atoms with Gasteiger partial charge < -0.3 is 10.6 Å². The molecule has 1 amide bonds. The van der Waals surface area contributed by atoms with Gasteiger partial charge >= 0.3 is 0 Å². The quantitative estimate of drug-likeness (QED) is 0.854. The Labute approximate surface area is 130 Å². The molecule has 0 aliphatic carbocycles. The second-order valence-corrected chi connectivity index (χ2v) is 5.50. The van der Waals surface area contributed by atoms with E-state index in [1.165, 1.54) is 0 Å². The van der Waals surface area contributed by atoms with E-state index < -0.39 is 0 Å². The summed E-state index contributed by atoms with van der Waals surface area (Å²) in [4.78, 5) is 24.7. The zero-order chi connectivity index (χ0) is 15.9. The Morgan fingerprint density at radius 2 is 2.14 bits per heavy atom. The molecule has 0 saturated heterocycles. The lowest BCUT2D eigenvalue weighted by Crippen LogP contribution is -2.24. The average molecular weight is 299 g/mol. The van der Waals surface area contributed by atoms with Crippen molar-refractivity contribution >= 4 is 11.7 Å². The van der Waals surface area contributed by atoms with Crippen molar-refractivity contribution in [3.63, 3.8) is 0 Å². The second kappa shape index (κ2) is 7.49. The minimum atomic E-state index is -0.220. The number of carbonyl (C=O) groups excluding carboxylic acids is 1. The van der Waals surface area contributed by atoms with Crippen LogP contribution in [0, 0.1) is 12.8 Å². The van der Waals surface area contributed by atoms with Crippen LogP contribution in [0.3, 0.4) is 0 Å². The third-order valence-corrected chi connectivity index (χ3v) is 2.94. The number of aromatic nitrogens is 3. The summed E-state index contributed by atoms with van der Waals surface area (Å²) in [5, 5.41) is 6.05. The lowest BCUT2D eigenvalue weighted by atomic mass is 10.2. The minimum absolute atomic E-state index is 0.220. The molecule has 0 spiro atoms. The number of hydrogen-bond donors (Lipinski definition) is 2. The van der Waals surface area contributed by atoms with Crippen molar-refractivity contribution in [1.82, 2.24) is 20.3 Å². The number of pyridine rings is 1. The molecule has 2 rings (SSSR count). The number of hydrogen-bond acceptors (Lipinski definition) is 5. The number of aryl methyl sites for hydroxylation is 1. The van der Waals surface area contributed by atoms with Crippen molar-refractivity contribution in [2.75, 3.05) is 11.9 Å². The number of anilines is 1. The monoisotopic (exact) mass is 299 g/mol. The molecule has 2 N–H and O–H groups in total. The Morgan fingerprint density at radius 1 is 1.32 bits per heavy atom. The molecule has 0 radical (unpaired) electrons. The SMILES string of the molecule is Cc1nc(NCC(C)C)cc(C(=O)NCc2cccnc2)n1. The van der Waals surface area contributed by atoms with E-state index in [2.05, 4.69) is 39.4 Å². The molecule has 6 nitrogen and oxygen atoms in total. The van der Waals surface area contributed by atoms with Gasteiger partial charge in [-0.2, -0.15) is 0 Å². The largest absolute Gasteiger partial charge is 0.370 e. The van der Waals surface area contributed by atoms with Gasteiger partial charge in [-0.15, -0.1) is 0 Å². The highest BCUT2D eigenvalue weighted by atomic mass is 16.1. The molecule has 0 unspecified atom stereocenters. The van der Waals surface area contributed by atoms with E-state index in [0.29, 0.717) is 29.8 Å². The average Bonchev–Trinajstić information content (AvgIpc) is 2.51. The second-order valence-electron chi connectivity index (χ2n) is 5.50. The molecule has 0 aliphatic rings. The maximum absolute atomic E-state index is 12.2. The van der Waals surface area contributed by atoms with Gasteiger partial charge in [0.05, 0.1) is 0 Å². The first-order chi connectivity index (χ1) is 10.5. The summed E-state index contributed by atoms with van der Waals surface area (Å²) in [6, 6.07) is 5.42. The number of nitrogens with zero attached hydrogens (tertiary/aromatic N) is 3. The summed E-state index contributed by atoms with van der Waals surface area (Å²) in [5.41, 5.74) is 1.31. The van der Waals surface area contributed by atoms with E-state index in [0.717, 1.165) is 12.1 Å². The Bertz CT molecular complexity index is 628. The van der Waals surface area contributed by atoms with Crippen LogP contribution in [0.25, 0.3) is 0 Å². The Balaban J connectivity index is 2.02. The Kier molecular flexibility index (Phi) is 5.41. The molecule has 0 atom stereocenters. The van der Waals surface area contributed by atoms with Gasteiger partial charge in [0.2, 0.25) is 0 Å². The molecule has 0 saturated carbocycles. The van der Waals surface area contributed by atoms with E-state index in [1.54, 1.807) is 25.4 Å². The molecule has 2 heterocycles. The van der Waals surface area contributed by atoms with Gasteiger partial charge in [-0.3, -0.25) is 9.78 Å². The molecule has 116 valence electrons. The van der Waals surface area contributed by atoms with E-state index >= 15 is 0 Å². The molecular weight excluding hydrogens is 278 g/mol. The third kappa shape index (κ3) is 4.80. The highest BCUT2D eigenvalue weighted by molar-refractivity contribution is 5.92. The molecular formula is C16H21N5O. The van der Waals surface area contributed by atoms with Crippen molar-refractivity contribution in [3.05, 3.63) is 47.7 Å². The first kappa shape index (κ1) is 15.9. The van der Waals surface area contributed by atoms with Gasteiger partial charge in [0.15, 0.2) is 0 Å². The zero-order valence-electron chi connectivity index (χ0n) is 13.1. The molecule has 2 aromatic rings. The summed E-state index contributed by atoms with van der Waals surface area (Å²) in [6.07, 6.45) is 3.42. The van der Waals surface area contributed by atoms with Gasteiger partial charge in [0.1, 0.15) is 17.3 Å². The van der Waals surface area contributed by atoms with E-state index in [4.69, 9.17) is 0 Å². The molecule has 22 heavy (non-hydrogen) atoms. The summed E-state index contributed by atoms with van der Waals surface area (Å²) < 4.78 is 0. The number of carbonyl (C=O) groups is 1. The van der Waals surface area contributed by atoms with Crippen LogP contribution in [0.4, 0.5) is 5.82 Å². The van der Waals surface area contributed by atoms with Gasteiger partial charge in [-0.05, 0) is 24.5 Å². The molecule has 6 heteroatoms. The van der Waals surface area contributed by atoms with E-state index in [-0.39, 0.29) is 5.91 Å². The molecule has 0 bridgehead atoms. The Morgan fingerprint density at radius 3 is 2.82 bits per heavy atom. The topological polar surface area (TPSA) is 79.8 Å².